The van der Waals surface area contributed by atoms with Crippen LogP contribution in [-0.2, 0) is 14.8 Å². The minimum atomic E-state index is -3.74. The number of nitrogens with zero attached hydrogens (tertiary/aromatic N) is 2. The van der Waals surface area contributed by atoms with Crippen LogP contribution in [0.1, 0.15) is 24.1 Å². The maximum Gasteiger partial charge on any atom is 0.238 e. The zero-order valence-corrected chi connectivity index (χ0v) is 18.8. The lowest BCUT2D eigenvalue weighted by Gasteiger charge is -2.15. The smallest absolute Gasteiger partial charge is 0.238 e. The fourth-order valence-electron chi connectivity index (χ4n) is 2.88. The summed E-state index contributed by atoms with van der Waals surface area (Å²) < 4.78 is 24.6. The van der Waals surface area contributed by atoms with Crippen LogP contribution in [0, 0.1) is 6.92 Å². The molecule has 2 aromatic carbocycles. The Hall–Kier alpha value is -2.33. The monoisotopic (exact) mass is 464 g/mol. The number of imidazole rings is 1. The highest BCUT2D eigenvalue weighted by Crippen LogP contribution is 2.26. The SMILES string of the molecule is Cc1c(Cl)cccc1-n1ccnc1SCC(=O)N[C@H](C)c1ccc(S(N)(=O)=O)cc1. The first kappa shape index (κ1) is 22.4. The summed E-state index contributed by atoms with van der Waals surface area (Å²) >= 11 is 7.53. The lowest BCUT2D eigenvalue weighted by molar-refractivity contribution is -0.119. The number of primary sulfonamides is 1. The van der Waals surface area contributed by atoms with E-state index in [1.54, 1.807) is 18.3 Å². The number of hydrogen-bond donors (Lipinski definition) is 2. The third kappa shape index (κ3) is 5.23. The summed E-state index contributed by atoms with van der Waals surface area (Å²) in [5, 5.41) is 9.35. The number of rotatable bonds is 7. The highest BCUT2D eigenvalue weighted by Gasteiger charge is 2.15. The first-order valence-electron chi connectivity index (χ1n) is 9.00. The highest BCUT2D eigenvalue weighted by molar-refractivity contribution is 7.99. The third-order valence-corrected chi connectivity index (χ3v) is 6.83. The first-order valence-corrected chi connectivity index (χ1v) is 11.9. The molecule has 0 saturated carbocycles. The second-order valence-corrected chi connectivity index (χ2v) is 9.57. The molecule has 0 bridgehead atoms. The molecule has 1 atom stereocenters. The molecule has 1 amide bonds. The van der Waals surface area contributed by atoms with Crippen LogP contribution in [0.3, 0.4) is 0 Å². The molecular weight excluding hydrogens is 444 g/mol. The van der Waals surface area contributed by atoms with Gasteiger partial charge in [-0.1, -0.05) is 41.6 Å². The third-order valence-electron chi connectivity index (χ3n) is 4.52. The fourth-order valence-corrected chi connectivity index (χ4v) is 4.34. The Kier molecular flexibility index (Phi) is 6.87. The minimum Gasteiger partial charge on any atom is -0.349 e. The molecule has 1 heterocycles. The van der Waals surface area contributed by atoms with Gasteiger partial charge in [0.05, 0.1) is 22.4 Å². The van der Waals surface area contributed by atoms with Gasteiger partial charge in [-0.25, -0.2) is 18.5 Å². The van der Waals surface area contributed by atoms with Crippen molar-refractivity contribution in [2.45, 2.75) is 29.9 Å². The average Bonchev–Trinajstić information content (AvgIpc) is 3.16. The van der Waals surface area contributed by atoms with Gasteiger partial charge in [0.25, 0.3) is 0 Å². The Morgan fingerprint density at radius 1 is 1.27 bits per heavy atom. The van der Waals surface area contributed by atoms with E-state index in [-0.39, 0.29) is 22.6 Å². The van der Waals surface area contributed by atoms with Gasteiger partial charge in [-0.15, -0.1) is 0 Å². The molecule has 0 radical (unpaired) electrons. The molecule has 3 N–H and O–H groups in total. The van der Waals surface area contributed by atoms with Crippen molar-refractivity contribution < 1.29 is 13.2 Å². The number of carbonyl (C=O) groups excluding carboxylic acids is 1. The summed E-state index contributed by atoms with van der Waals surface area (Å²) in [7, 11) is -3.74. The number of amides is 1. The maximum absolute atomic E-state index is 12.4. The van der Waals surface area contributed by atoms with E-state index in [1.807, 2.05) is 42.8 Å². The summed E-state index contributed by atoms with van der Waals surface area (Å²) in [4.78, 5) is 16.8. The number of carbonyl (C=O) groups is 1. The van der Waals surface area contributed by atoms with E-state index in [0.717, 1.165) is 16.8 Å². The highest BCUT2D eigenvalue weighted by atomic mass is 35.5. The van der Waals surface area contributed by atoms with Crippen LogP contribution in [0.5, 0.6) is 0 Å². The predicted octanol–water partition coefficient (Wildman–Crippen LogP) is 3.45. The topological polar surface area (TPSA) is 107 Å². The molecule has 3 rings (SSSR count). The van der Waals surface area contributed by atoms with Crippen molar-refractivity contribution in [1.82, 2.24) is 14.9 Å². The number of nitrogens with one attached hydrogen (secondary N) is 1. The molecule has 10 heteroatoms. The molecule has 1 aromatic heterocycles. The molecule has 0 aliphatic heterocycles. The van der Waals surface area contributed by atoms with E-state index in [4.69, 9.17) is 16.7 Å². The van der Waals surface area contributed by atoms with Crippen molar-refractivity contribution in [2.24, 2.45) is 5.14 Å². The predicted molar refractivity (Wildman–Crippen MR) is 118 cm³/mol. The second-order valence-electron chi connectivity index (χ2n) is 6.66. The molecular formula is C20H21ClN4O3S2. The number of aromatic nitrogens is 2. The summed E-state index contributed by atoms with van der Waals surface area (Å²) in [6.45, 7) is 3.76. The Bertz CT molecular complexity index is 1160. The van der Waals surface area contributed by atoms with Crippen LogP contribution in [0.15, 0.2) is 64.9 Å². The Balaban J connectivity index is 1.63. The lowest BCUT2D eigenvalue weighted by atomic mass is 10.1. The minimum absolute atomic E-state index is 0.0310. The number of nitrogens with two attached hydrogens (primary N) is 1. The van der Waals surface area contributed by atoms with Crippen LogP contribution in [0.2, 0.25) is 5.02 Å². The molecule has 0 unspecified atom stereocenters. The van der Waals surface area contributed by atoms with Crippen molar-refractivity contribution in [3.05, 3.63) is 71.0 Å². The quantitative estimate of drug-likeness (QED) is 0.521. The van der Waals surface area contributed by atoms with Crippen LogP contribution in [0.25, 0.3) is 5.69 Å². The van der Waals surface area contributed by atoms with Crippen molar-refractivity contribution in [1.29, 1.82) is 0 Å². The van der Waals surface area contributed by atoms with Gasteiger partial charge in [0.1, 0.15) is 0 Å². The molecule has 0 fully saturated rings. The summed E-state index contributed by atoms with van der Waals surface area (Å²) in [5.74, 6) is 0.0105. The van der Waals surface area contributed by atoms with Gasteiger partial charge in [-0.3, -0.25) is 9.36 Å². The maximum atomic E-state index is 12.4. The van der Waals surface area contributed by atoms with E-state index in [2.05, 4.69) is 10.3 Å². The molecule has 30 heavy (non-hydrogen) atoms. The lowest BCUT2D eigenvalue weighted by Crippen LogP contribution is -2.28. The molecule has 3 aromatic rings. The van der Waals surface area contributed by atoms with Crippen molar-refractivity contribution >= 4 is 39.3 Å². The fraction of sp³-hybridized carbons (Fsp3) is 0.200. The van der Waals surface area contributed by atoms with Crippen LogP contribution in [-0.4, -0.2) is 29.6 Å². The second kappa shape index (κ2) is 9.22. The molecule has 0 aliphatic carbocycles. The van der Waals surface area contributed by atoms with Gasteiger partial charge in [-0.05, 0) is 49.2 Å². The van der Waals surface area contributed by atoms with E-state index in [9.17, 15) is 13.2 Å². The number of thioether (sulfide) groups is 1. The summed E-state index contributed by atoms with van der Waals surface area (Å²) in [6.07, 6.45) is 3.50. The van der Waals surface area contributed by atoms with Gasteiger partial charge in [0.15, 0.2) is 5.16 Å². The van der Waals surface area contributed by atoms with E-state index < -0.39 is 10.0 Å². The van der Waals surface area contributed by atoms with Gasteiger partial charge in [0.2, 0.25) is 15.9 Å². The zero-order chi connectivity index (χ0) is 21.9. The molecule has 0 aliphatic rings. The van der Waals surface area contributed by atoms with Crippen molar-refractivity contribution in [2.75, 3.05) is 5.75 Å². The molecule has 0 saturated heterocycles. The number of benzene rings is 2. The largest absolute Gasteiger partial charge is 0.349 e. The van der Waals surface area contributed by atoms with E-state index >= 15 is 0 Å². The standard InChI is InChI=1S/C20H21ClN4O3S2/c1-13-17(21)4-3-5-18(13)25-11-10-23-20(25)29-12-19(26)24-14(2)15-6-8-16(9-7-15)30(22,27)28/h3-11,14H,12H2,1-2H3,(H,24,26)(H2,22,27,28)/t14-/m1/s1. The van der Waals surface area contributed by atoms with Gasteiger partial charge in [-0.2, -0.15) is 0 Å². The average molecular weight is 465 g/mol. The van der Waals surface area contributed by atoms with Crippen molar-refractivity contribution in [3.63, 3.8) is 0 Å². The number of hydrogen-bond acceptors (Lipinski definition) is 5. The Labute approximate surface area is 184 Å². The molecule has 0 spiro atoms. The van der Waals surface area contributed by atoms with Crippen LogP contribution in [0.4, 0.5) is 0 Å². The van der Waals surface area contributed by atoms with Gasteiger partial charge >= 0.3 is 0 Å². The zero-order valence-electron chi connectivity index (χ0n) is 16.4. The van der Waals surface area contributed by atoms with E-state index in [1.165, 1.54) is 23.9 Å². The Morgan fingerprint density at radius 3 is 2.63 bits per heavy atom. The van der Waals surface area contributed by atoms with Gasteiger partial charge < -0.3 is 5.32 Å². The van der Waals surface area contributed by atoms with E-state index in [0.29, 0.717) is 10.2 Å². The summed E-state index contributed by atoms with van der Waals surface area (Å²) in [5.41, 5.74) is 2.61. The molecule has 7 nitrogen and oxygen atoms in total. The van der Waals surface area contributed by atoms with Gasteiger partial charge in [0, 0.05) is 17.4 Å². The Morgan fingerprint density at radius 2 is 1.97 bits per heavy atom. The number of halogens is 1. The normalized spacial score (nSPS) is 12.5. The first-order chi connectivity index (χ1) is 14.2. The summed E-state index contributed by atoms with van der Waals surface area (Å²) in [6, 6.07) is 11.5. The van der Waals surface area contributed by atoms with Crippen LogP contribution >= 0.6 is 23.4 Å². The number of sulfonamides is 1. The van der Waals surface area contributed by atoms with Crippen LogP contribution < -0.4 is 10.5 Å². The molecule has 158 valence electrons. The van der Waals surface area contributed by atoms with Crippen molar-refractivity contribution in [3.8, 4) is 5.69 Å².